The number of aliphatic hydroxyl groups is 2. The summed E-state index contributed by atoms with van der Waals surface area (Å²) in [6.07, 6.45) is 3.96. The number of aliphatic carboxylic acids is 1. The number of nitrogens with one attached hydrogen (secondary N) is 5. The third-order valence-electron chi connectivity index (χ3n) is 17.8. The van der Waals surface area contributed by atoms with Gasteiger partial charge in [0.05, 0.1) is 25.3 Å². The van der Waals surface area contributed by atoms with Crippen molar-refractivity contribution in [3.8, 4) is 0 Å². The number of hydrogen-bond acceptors (Lipinski definition) is 17. The first-order chi connectivity index (χ1) is 44.4. The van der Waals surface area contributed by atoms with Crippen molar-refractivity contribution >= 4 is 88.3 Å². The molecule has 4 aliphatic heterocycles. The molecule has 1 aromatic carbocycles. The number of carboxylic acids is 1. The average molecular weight is 1320 g/mol. The Balaban J connectivity index is 1.02. The Hall–Kier alpha value is -8.69. The number of likely N-dealkylation sites (tertiary alicyclic amines) is 3. The molecule has 1 aromatic heterocycles. The Morgan fingerprint density at radius 2 is 1.18 bits per heavy atom. The minimum absolute atomic E-state index is 0.000807. The van der Waals surface area contributed by atoms with E-state index >= 15 is 4.79 Å². The van der Waals surface area contributed by atoms with Crippen LogP contribution in [0.15, 0.2) is 56.8 Å². The summed E-state index contributed by atoms with van der Waals surface area (Å²) in [7, 11) is 0. The van der Waals surface area contributed by atoms with Gasteiger partial charge in [-0.3, -0.25) is 58.1 Å². The van der Waals surface area contributed by atoms with Crippen LogP contribution in [0.1, 0.15) is 106 Å². The zero-order chi connectivity index (χ0) is 67.5. The van der Waals surface area contributed by atoms with E-state index in [1.165, 1.54) is 26.0 Å². The molecule has 4 fully saturated rings. The number of carboxylic acid groups (broad SMARTS) is 1. The molecule has 9 amide bonds. The second kappa shape index (κ2) is 34.3. The summed E-state index contributed by atoms with van der Waals surface area (Å²) in [5.74, 6) is -8.15. The Morgan fingerprint density at radius 3 is 1.82 bits per heavy atom. The molecule has 0 bridgehead atoms. The van der Waals surface area contributed by atoms with E-state index in [0.29, 0.717) is 23.3 Å². The first-order valence-corrected chi connectivity index (χ1v) is 32.5. The molecule has 2 aromatic rings. The predicted molar refractivity (Wildman–Crippen MR) is 342 cm³/mol. The van der Waals surface area contributed by atoms with Crippen LogP contribution in [0.4, 0.5) is 0 Å². The highest BCUT2D eigenvalue weighted by Crippen LogP contribution is 2.40. The van der Waals surface area contributed by atoms with Crippen molar-refractivity contribution in [1.29, 1.82) is 0 Å². The summed E-state index contributed by atoms with van der Waals surface area (Å²) >= 11 is 1.27. The Kier molecular flexibility index (Phi) is 26.4. The van der Waals surface area contributed by atoms with E-state index in [1.807, 2.05) is 6.07 Å². The SMILES string of the molecule is NC(N)=NCCC[C@@H](N)C(=O)N[C@@H](CCCN=C(N)N)C(=O)N1CCC[C@H]1C(=O)N1C[C@H](O)C[C@H]1C(=O)NCC(=O)N[C@@H](Cc1cccs1)C(=O)N[C@@H](CO)C(=O)N1Cc2ccccc2C[C@@H]1C(=O)N1C[C@H]2CCCC[C@H]2C[C@H]1C(=O)N[C@@H](CCCN=C(N)N)C(=O)O. The van der Waals surface area contributed by atoms with Gasteiger partial charge in [0.15, 0.2) is 17.9 Å². The fourth-order valence-corrected chi connectivity index (χ4v) is 13.8. The number of benzene rings is 1. The lowest BCUT2D eigenvalue weighted by Gasteiger charge is -2.48. The van der Waals surface area contributed by atoms with Gasteiger partial charge in [-0.05, 0) is 98.6 Å². The van der Waals surface area contributed by atoms with Gasteiger partial charge in [0, 0.05) is 70.0 Å². The number of fused-ring (bicyclic) bond motifs is 2. The molecule has 32 nitrogen and oxygen atoms in total. The Morgan fingerprint density at radius 1 is 0.591 bits per heavy atom. The molecule has 0 unspecified atom stereocenters. The lowest BCUT2D eigenvalue weighted by Crippen LogP contribution is -2.64. The number of aliphatic hydroxyl groups excluding tert-OH is 2. The average Bonchev–Trinajstić information content (AvgIpc) is 0.869. The molecule has 5 heterocycles. The van der Waals surface area contributed by atoms with Crippen molar-refractivity contribution in [1.82, 2.24) is 46.2 Å². The van der Waals surface area contributed by atoms with Crippen LogP contribution in [0.3, 0.4) is 0 Å². The summed E-state index contributed by atoms with van der Waals surface area (Å²) < 4.78 is 0. The van der Waals surface area contributed by atoms with Crippen LogP contribution in [0.2, 0.25) is 0 Å². The quantitative estimate of drug-likeness (QED) is 0.0198. The minimum atomic E-state index is -1.67. The summed E-state index contributed by atoms with van der Waals surface area (Å²) in [4.78, 5) is 159. The normalized spacial score (nSPS) is 22.4. The van der Waals surface area contributed by atoms with Gasteiger partial charge in [-0.15, -0.1) is 11.3 Å². The smallest absolute Gasteiger partial charge is 0.326 e. The Labute approximate surface area is 542 Å². The molecular formula is C60H91N19O13S. The molecule has 0 radical (unpaired) electrons. The molecule has 22 N–H and O–H groups in total. The number of hydrogen-bond donors (Lipinski definition) is 15. The molecule has 1 aliphatic carbocycles. The van der Waals surface area contributed by atoms with Crippen LogP contribution in [-0.2, 0) is 67.3 Å². The number of guanidine groups is 3. The number of thiophene rings is 1. The van der Waals surface area contributed by atoms with Gasteiger partial charge >= 0.3 is 5.97 Å². The van der Waals surface area contributed by atoms with Crippen molar-refractivity contribution in [2.75, 3.05) is 52.4 Å². The van der Waals surface area contributed by atoms with Crippen molar-refractivity contribution in [2.45, 2.75) is 170 Å². The van der Waals surface area contributed by atoms with E-state index in [0.717, 1.165) is 36.1 Å². The molecular weight excluding hydrogens is 1230 g/mol. The van der Waals surface area contributed by atoms with E-state index in [9.17, 15) is 58.5 Å². The number of aliphatic imine (C=N–C) groups is 3. The number of rotatable bonds is 30. The molecule has 510 valence electrons. The maximum absolute atomic E-state index is 15.3. The number of carbonyl (C=O) groups excluding carboxylic acids is 9. The standard InChI is InChI=1S/C60H91N19O13S/c61-39(15-5-19-68-58(62)63)49(83)73-40(16-6-20-69-59(64)65)53(87)76-22-8-18-44(76)55(89)79-31-37(81)26-46(79)51(85)71-28-48(82)72-42(27-38-14-9-23-93-38)50(84)75-43(32-80)54(88)78-30-36-13-4-2-11-34(36)25-47(78)56(90)77-29-35-12-3-1-10-33(35)24-45(77)52(86)74-41(57(91)92)17-7-21-70-60(66)67/h2,4,9,11,13-14,23,33,35,37,39-47,80-81H,1,3,5-8,10,12,15-22,24-32,61H2,(H,71,85)(H,72,82)(H,73,83)(H,74,86)(H,75,84)(H,91,92)(H4,62,63,68)(H4,64,65,69)(H4,66,67,70)/t33-,35+,37+,39+,40-,41-,42-,43-,44-,45-,46-,47+/m0/s1. The van der Waals surface area contributed by atoms with E-state index in [-0.39, 0.29) is 140 Å². The van der Waals surface area contributed by atoms with Crippen LogP contribution in [0.25, 0.3) is 0 Å². The fourth-order valence-electron chi connectivity index (χ4n) is 13.0. The maximum atomic E-state index is 15.3. The van der Waals surface area contributed by atoms with E-state index in [1.54, 1.807) is 35.7 Å². The number of nitrogens with two attached hydrogens (primary N) is 7. The number of piperidine rings is 1. The lowest BCUT2D eigenvalue weighted by atomic mass is 9.72. The number of amides is 9. The highest BCUT2D eigenvalue weighted by Gasteiger charge is 2.49. The number of carbonyl (C=O) groups is 10. The maximum Gasteiger partial charge on any atom is 0.326 e. The van der Waals surface area contributed by atoms with Crippen LogP contribution >= 0.6 is 11.3 Å². The summed E-state index contributed by atoms with van der Waals surface area (Å²) in [5, 5.41) is 46.8. The minimum Gasteiger partial charge on any atom is -0.480 e. The first kappa shape index (κ1) is 71.7. The van der Waals surface area contributed by atoms with Crippen LogP contribution < -0.4 is 66.7 Å². The summed E-state index contributed by atoms with van der Waals surface area (Å²) in [6.45, 7) is -1.29. The van der Waals surface area contributed by atoms with Gasteiger partial charge in [0.2, 0.25) is 53.2 Å². The summed E-state index contributed by atoms with van der Waals surface area (Å²) in [5.41, 5.74) is 40.3. The molecule has 0 spiro atoms. The van der Waals surface area contributed by atoms with Gasteiger partial charge in [0.25, 0.3) is 0 Å². The van der Waals surface area contributed by atoms with E-state index in [2.05, 4.69) is 41.6 Å². The van der Waals surface area contributed by atoms with Gasteiger partial charge < -0.3 is 102 Å². The van der Waals surface area contributed by atoms with Crippen LogP contribution in [0, 0.1) is 11.8 Å². The molecule has 1 saturated carbocycles. The molecule has 3 saturated heterocycles. The van der Waals surface area contributed by atoms with Crippen LogP contribution in [-0.4, -0.2) is 225 Å². The third-order valence-corrected chi connectivity index (χ3v) is 18.7. The van der Waals surface area contributed by atoms with Gasteiger partial charge in [0.1, 0.15) is 48.3 Å². The second-order valence-electron chi connectivity index (χ2n) is 24.4. The van der Waals surface area contributed by atoms with Crippen molar-refractivity contribution in [3.05, 3.63) is 57.8 Å². The molecule has 12 atom stereocenters. The van der Waals surface area contributed by atoms with Crippen molar-refractivity contribution in [3.63, 3.8) is 0 Å². The lowest BCUT2D eigenvalue weighted by molar-refractivity contribution is -0.156. The van der Waals surface area contributed by atoms with E-state index < -0.39 is 133 Å². The first-order valence-electron chi connectivity index (χ1n) is 31.7. The predicted octanol–water partition coefficient (Wildman–Crippen LogP) is -4.78. The highest BCUT2D eigenvalue weighted by molar-refractivity contribution is 7.09. The van der Waals surface area contributed by atoms with Crippen molar-refractivity contribution < 1.29 is 63.3 Å². The Bertz CT molecular complexity index is 3070. The number of β-amino-alcohol motifs (C(OH)–C–C–N with tert-alkyl or cyclic N) is 1. The molecule has 93 heavy (non-hydrogen) atoms. The fraction of sp³-hybridized carbons (Fsp3) is 0.617. The number of nitrogens with zero attached hydrogens (tertiary/aromatic N) is 7. The zero-order valence-electron chi connectivity index (χ0n) is 52.2. The van der Waals surface area contributed by atoms with Crippen molar-refractivity contribution in [2.24, 2.45) is 66.9 Å². The molecule has 5 aliphatic rings. The van der Waals surface area contributed by atoms with Crippen LogP contribution in [0.5, 0.6) is 0 Å². The zero-order valence-corrected chi connectivity index (χ0v) is 53.0. The van der Waals surface area contributed by atoms with Gasteiger partial charge in [-0.2, -0.15) is 0 Å². The van der Waals surface area contributed by atoms with E-state index in [4.69, 9.17) is 40.1 Å². The monoisotopic (exact) mass is 1320 g/mol. The van der Waals surface area contributed by atoms with Gasteiger partial charge in [-0.25, -0.2) is 4.79 Å². The molecule has 7 rings (SSSR count). The largest absolute Gasteiger partial charge is 0.480 e. The highest BCUT2D eigenvalue weighted by atomic mass is 32.1. The van der Waals surface area contributed by atoms with Gasteiger partial charge in [-0.1, -0.05) is 49.6 Å². The topological polar surface area (TPSA) is 524 Å². The molecule has 33 heteroatoms. The third kappa shape index (κ3) is 19.9. The second-order valence-corrected chi connectivity index (χ2v) is 25.4. The summed E-state index contributed by atoms with van der Waals surface area (Å²) in [6, 6.07) is -0.694.